The van der Waals surface area contributed by atoms with E-state index in [9.17, 15) is 0 Å². The second-order valence-electron chi connectivity index (χ2n) is 3.42. The van der Waals surface area contributed by atoms with Gasteiger partial charge in [-0.3, -0.25) is 0 Å². The van der Waals surface area contributed by atoms with Crippen molar-refractivity contribution in [3.8, 4) is 0 Å². The normalized spacial score (nSPS) is 10.9. The first-order valence-corrected chi connectivity index (χ1v) is 4.74. The molecule has 0 aliphatic rings. The van der Waals surface area contributed by atoms with Crippen molar-refractivity contribution < 1.29 is 0 Å². The summed E-state index contributed by atoms with van der Waals surface area (Å²) in [5.74, 6) is 1.16. The standard InChI is InChI=1S/C11H14N2/c1-3-4-11-12-8-10-7-9(2)5-6-13(10)11/h5-8H,3-4H2,1-2H3. The maximum Gasteiger partial charge on any atom is 0.113 e. The summed E-state index contributed by atoms with van der Waals surface area (Å²) in [6.45, 7) is 4.28. The summed E-state index contributed by atoms with van der Waals surface area (Å²) >= 11 is 0. The highest BCUT2D eigenvalue weighted by Gasteiger charge is 2.00. The zero-order chi connectivity index (χ0) is 9.26. The summed E-state index contributed by atoms with van der Waals surface area (Å²) in [6, 6.07) is 4.28. The summed E-state index contributed by atoms with van der Waals surface area (Å²) in [7, 11) is 0. The van der Waals surface area contributed by atoms with E-state index in [0.29, 0.717) is 0 Å². The minimum Gasteiger partial charge on any atom is -0.304 e. The number of aryl methyl sites for hydroxylation is 2. The van der Waals surface area contributed by atoms with Crippen LogP contribution in [0.5, 0.6) is 0 Å². The van der Waals surface area contributed by atoms with Gasteiger partial charge in [0.1, 0.15) is 5.82 Å². The fourth-order valence-corrected chi connectivity index (χ4v) is 1.58. The van der Waals surface area contributed by atoms with Gasteiger partial charge in [-0.2, -0.15) is 0 Å². The van der Waals surface area contributed by atoms with Crippen molar-refractivity contribution in [2.24, 2.45) is 0 Å². The lowest BCUT2D eigenvalue weighted by Gasteiger charge is -1.99. The fraction of sp³-hybridized carbons (Fsp3) is 0.364. The number of hydrogen-bond acceptors (Lipinski definition) is 1. The van der Waals surface area contributed by atoms with Gasteiger partial charge in [0.05, 0.1) is 11.7 Å². The van der Waals surface area contributed by atoms with Gasteiger partial charge in [0, 0.05) is 12.6 Å². The Bertz CT molecular complexity index is 415. The van der Waals surface area contributed by atoms with Crippen LogP contribution in [-0.2, 0) is 6.42 Å². The van der Waals surface area contributed by atoms with E-state index in [4.69, 9.17) is 0 Å². The largest absolute Gasteiger partial charge is 0.304 e. The van der Waals surface area contributed by atoms with Crippen molar-refractivity contribution in [1.82, 2.24) is 9.38 Å². The monoisotopic (exact) mass is 174 g/mol. The number of hydrogen-bond donors (Lipinski definition) is 0. The third-order valence-corrected chi connectivity index (χ3v) is 2.24. The molecule has 0 bridgehead atoms. The molecule has 0 spiro atoms. The Morgan fingerprint density at radius 3 is 3.08 bits per heavy atom. The molecule has 13 heavy (non-hydrogen) atoms. The van der Waals surface area contributed by atoms with E-state index in [2.05, 4.69) is 41.6 Å². The molecule has 2 heterocycles. The summed E-state index contributed by atoms with van der Waals surface area (Å²) in [5.41, 5.74) is 2.49. The van der Waals surface area contributed by atoms with Gasteiger partial charge in [0.2, 0.25) is 0 Å². The van der Waals surface area contributed by atoms with Gasteiger partial charge < -0.3 is 4.40 Å². The summed E-state index contributed by atoms with van der Waals surface area (Å²) in [6.07, 6.45) is 6.24. The minimum atomic E-state index is 1.05. The highest BCUT2D eigenvalue weighted by Crippen LogP contribution is 2.10. The van der Waals surface area contributed by atoms with E-state index < -0.39 is 0 Å². The molecule has 0 radical (unpaired) electrons. The molecule has 0 aromatic carbocycles. The van der Waals surface area contributed by atoms with E-state index >= 15 is 0 Å². The van der Waals surface area contributed by atoms with Crippen LogP contribution in [0.15, 0.2) is 24.5 Å². The second-order valence-corrected chi connectivity index (χ2v) is 3.42. The fourth-order valence-electron chi connectivity index (χ4n) is 1.58. The highest BCUT2D eigenvalue weighted by atomic mass is 15.0. The first kappa shape index (κ1) is 8.30. The first-order valence-electron chi connectivity index (χ1n) is 4.74. The lowest BCUT2D eigenvalue weighted by Crippen LogP contribution is -1.93. The van der Waals surface area contributed by atoms with Gasteiger partial charge in [-0.05, 0) is 31.0 Å². The van der Waals surface area contributed by atoms with Crippen LogP contribution in [0, 0.1) is 6.92 Å². The van der Waals surface area contributed by atoms with Crippen molar-refractivity contribution in [3.05, 3.63) is 35.9 Å². The lowest BCUT2D eigenvalue weighted by atomic mass is 10.3. The van der Waals surface area contributed by atoms with Crippen LogP contribution in [0.2, 0.25) is 0 Å². The smallest absolute Gasteiger partial charge is 0.113 e. The van der Waals surface area contributed by atoms with Crippen molar-refractivity contribution in [1.29, 1.82) is 0 Å². The Balaban J connectivity index is 2.55. The Morgan fingerprint density at radius 1 is 1.46 bits per heavy atom. The molecule has 0 aliphatic carbocycles. The van der Waals surface area contributed by atoms with Crippen LogP contribution in [-0.4, -0.2) is 9.38 Å². The molecule has 0 saturated heterocycles. The third kappa shape index (κ3) is 1.44. The van der Waals surface area contributed by atoms with Crippen LogP contribution in [0.3, 0.4) is 0 Å². The topological polar surface area (TPSA) is 17.3 Å². The van der Waals surface area contributed by atoms with E-state index in [1.54, 1.807) is 0 Å². The second kappa shape index (κ2) is 3.21. The minimum absolute atomic E-state index is 1.05. The zero-order valence-electron chi connectivity index (χ0n) is 8.12. The Labute approximate surface area is 78.2 Å². The number of pyridine rings is 1. The van der Waals surface area contributed by atoms with Crippen LogP contribution in [0.4, 0.5) is 0 Å². The molecule has 0 N–H and O–H groups in total. The van der Waals surface area contributed by atoms with Gasteiger partial charge in [0.25, 0.3) is 0 Å². The predicted octanol–water partition coefficient (Wildman–Crippen LogP) is 2.60. The number of imidazole rings is 1. The van der Waals surface area contributed by atoms with Crippen LogP contribution >= 0.6 is 0 Å². The van der Waals surface area contributed by atoms with Crippen LogP contribution < -0.4 is 0 Å². The molecule has 2 aromatic heterocycles. The molecule has 2 rings (SSSR count). The molecule has 2 heteroatoms. The quantitative estimate of drug-likeness (QED) is 0.684. The van der Waals surface area contributed by atoms with E-state index in [0.717, 1.165) is 18.7 Å². The van der Waals surface area contributed by atoms with Crippen molar-refractivity contribution in [2.45, 2.75) is 26.7 Å². The summed E-state index contributed by atoms with van der Waals surface area (Å²) in [5, 5.41) is 0. The van der Waals surface area contributed by atoms with E-state index in [1.165, 1.54) is 11.1 Å². The van der Waals surface area contributed by atoms with Crippen molar-refractivity contribution >= 4 is 5.52 Å². The molecule has 0 saturated carbocycles. The number of nitrogens with zero attached hydrogens (tertiary/aromatic N) is 2. The average Bonchev–Trinajstić information content (AvgIpc) is 2.49. The van der Waals surface area contributed by atoms with Gasteiger partial charge in [0.15, 0.2) is 0 Å². The van der Waals surface area contributed by atoms with E-state index in [-0.39, 0.29) is 0 Å². The Hall–Kier alpha value is -1.31. The first-order chi connectivity index (χ1) is 6.31. The van der Waals surface area contributed by atoms with Crippen LogP contribution in [0.1, 0.15) is 24.7 Å². The number of rotatable bonds is 2. The van der Waals surface area contributed by atoms with Crippen LogP contribution in [0.25, 0.3) is 5.52 Å². The molecular formula is C11H14N2. The molecule has 0 atom stereocenters. The third-order valence-electron chi connectivity index (χ3n) is 2.24. The van der Waals surface area contributed by atoms with Gasteiger partial charge in [-0.15, -0.1) is 0 Å². The Kier molecular flexibility index (Phi) is 2.05. The molecule has 0 amide bonds. The Morgan fingerprint density at radius 2 is 2.31 bits per heavy atom. The molecule has 68 valence electrons. The molecule has 0 unspecified atom stereocenters. The molecule has 0 fully saturated rings. The molecule has 0 aliphatic heterocycles. The average molecular weight is 174 g/mol. The maximum absolute atomic E-state index is 4.39. The van der Waals surface area contributed by atoms with Crippen molar-refractivity contribution in [3.63, 3.8) is 0 Å². The lowest BCUT2D eigenvalue weighted by molar-refractivity contribution is 0.830. The SMILES string of the molecule is CCCc1ncc2cc(C)ccn12. The highest BCUT2D eigenvalue weighted by molar-refractivity contribution is 5.48. The molecule has 2 aromatic rings. The molecular weight excluding hydrogens is 160 g/mol. The molecule has 2 nitrogen and oxygen atoms in total. The number of fused-ring (bicyclic) bond motifs is 1. The summed E-state index contributed by atoms with van der Waals surface area (Å²) < 4.78 is 2.16. The van der Waals surface area contributed by atoms with Crippen molar-refractivity contribution in [2.75, 3.05) is 0 Å². The van der Waals surface area contributed by atoms with Gasteiger partial charge in [-0.1, -0.05) is 6.92 Å². The van der Waals surface area contributed by atoms with Gasteiger partial charge in [-0.25, -0.2) is 4.98 Å². The maximum atomic E-state index is 4.39. The van der Waals surface area contributed by atoms with Gasteiger partial charge >= 0.3 is 0 Å². The number of aromatic nitrogens is 2. The predicted molar refractivity (Wildman–Crippen MR) is 53.9 cm³/mol. The zero-order valence-corrected chi connectivity index (χ0v) is 8.12. The summed E-state index contributed by atoms with van der Waals surface area (Å²) in [4.78, 5) is 4.39. The van der Waals surface area contributed by atoms with E-state index in [1.807, 2.05) is 6.20 Å².